The number of hydrogen-bond acceptors (Lipinski definition) is 5. The second-order valence-corrected chi connectivity index (χ2v) is 8.58. The normalized spacial score (nSPS) is 15.2. The minimum absolute atomic E-state index is 0.0704. The van der Waals surface area contributed by atoms with E-state index in [1.807, 2.05) is 0 Å². The Bertz CT molecular complexity index is 742. The topological polar surface area (TPSA) is 93.7 Å². The molecule has 146 valence electrons. The van der Waals surface area contributed by atoms with Gasteiger partial charge in [0.2, 0.25) is 10.0 Å². The van der Waals surface area contributed by atoms with Gasteiger partial charge in [-0.25, -0.2) is 13.1 Å². The van der Waals surface area contributed by atoms with Gasteiger partial charge in [-0.2, -0.15) is 0 Å². The monoisotopic (exact) mass is 424 g/mol. The highest BCUT2D eigenvalue weighted by molar-refractivity contribution is 7.89. The van der Waals surface area contributed by atoms with Crippen LogP contribution in [0.15, 0.2) is 17.0 Å². The van der Waals surface area contributed by atoms with Crippen LogP contribution in [0, 0.1) is 0 Å². The molecular formula is C16H22Cl2N2O5S. The smallest absolute Gasteiger partial charge is 0.255 e. The van der Waals surface area contributed by atoms with Crippen LogP contribution in [0.25, 0.3) is 0 Å². The molecular weight excluding hydrogens is 403 g/mol. The second kappa shape index (κ2) is 9.64. The van der Waals surface area contributed by atoms with Crippen LogP contribution >= 0.6 is 23.2 Å². The van der Waals surface area contributed by atoms with Crippen molar-refractivity contribution in [3.63, 3.8) is 0 Å². The number of ether oxygens (including phenoxy) is 2. The van der Waals surface area contributed by atoms with Gasteiger partial charge in [0.05, 0.1) is 29.0 Å². The van der Waals surface area contributed by atoms with Gasteiger partial charge in [-0.15, -0.1) is 23.2 Å². The van der Waals surface area contributed by atoms with Crippen molar-refractivity contribution in [1.29, 1.82) is 0 Å². The summed E-state index contributed by atoms with van der Waals surface area (Å²) < 4.78 is 37.7. The summed E-state index contributed by atoms with van der Waals surface area (Å²) >= 11 is 11.8. The molecule has 1 aliphatic heterocycles. The Kier molecular flexibility index (Phi) is 7.82. The molecule has 0 spiro atoms. The van der Waals surface area contributed by atoms with E-state index in [9.17, 15) is 13.2 Å². The SMILES string of the molecule is CNS(=O)(=O)c1cc2c(c(C(=O)NCC(Cl)CCCCl)c1)OCCCO2. The van der Waals surface area contributed by atoms with E-state index < -0.39 is 15.9 Å². The molecule has 1 aliphatic rings. The molecule has 0 saturated heterocycles. The molecule has 1 unspecified atom stereocenters. The van der Waals surface area contributed by atoms with Crippen molar-refractivity contribution < 1.29 is 22.7 Å². The zero-order chi connectivity index (χ0) is 19.2. The molecule has 10 heteroatoms. The van der Waals surface area contributed by atoms with Crippen LogP contribution in [-0.4, -0.2) is 52.4 Å². The Hall–Kier alpha value is -1.22. The highest BCUT2D eigenvalue weighted by Crippen LogP contribution is 2.36. The molecule has 0 fully saturated rings. The molecule has 1 aromatic rings. The molecule has 0 aromatic heterocycles. The first-order chi connectivity index (χ1) is 12.4. The fourth-order valence-corrected chi connectivity index (χ4v) is 3.55. The van der Waals surface area contributed by atoms with Crippen LogP contribution in [0.4, 0.5) is 0 Å². The van der Waals surface area contributed by atoms with Crippen LogP contribution in [0.3, 0.4) is 0 Å². The molecule has 0 bridgehead atoms. The van der Waals surface area contributed by atoms with E-state index in [2.05, 4.69) is 10.0 Å². The molecule has 0 radical (unpaired) electrons. The minimum atomic E-state index is -3.75. The van der Waals surface area contributed by atoms with E-state index in [0.29, 0.717) is 31.9 Å². The molecule has 0 saturated carbocycles. The zero-order valence-corrected chi connectivity index (χ0v) is 16.7. The fraction of sp³-hybridized carbons (Fsp3) is 0.562. The quantitative estimate of drug-likeness (QED) is 0.623. The Balaban J connectivity index is 2.30. The van der Waals surface area contributed by atoms with E-state index in [0.717, 1.165) is 6.42 Å². The summed E-state index contributed by atoms with van der Waals surface area (Å²) in [5, 5.41) is 2.44. The lowest BCUT2D eigenvalue weighted by molar-refractivity contribution is 0.0949. The lowest BCUT2D eigenvalue weighted by Gasteiger charge is -2.16. The largest absolute Gasteiger partial charge is 0.489 e. The van der Waals surface area contributed by atoms with E-state index in [1.54, 1.807) is 0 Å². The molecule has 26 heavy (non-hydrogen) atoms. The molecule has 1 atom stereocenters. The predicted octanol–water partition coefficient (Wildman–Crippen LogP) is 2.11. The van der Waals surface area contributed by atoms with Crippen LogP contribution in [-0.2, 0) is 10.0 Å². The molecule has 7 nitrogen and oxygen atoms in total. The van der Waals surface area contributed by atoms with Gasteiger partial charge >= 0.3 is 0 Å². The number of sulfonamides is 1. The molecule has 0 aliphatic carbocycles. The van der Waals surface area contributed by atoms with E-state index in [4.69, 9.17) is 32.7 Å². The number of alkyl halides is 2. The first-order valence-corrected chi connectivity index (χ1v) is 10.7. The van der Waals surface area contributed by atoms with E-state index in [1.165, 1.54) is 19.2 Å². The van der Waals surface area contributed by atoms with Crippen LogP contribution in [0.2, 0.25) is 0 Å². The Morgan fingerprint density at radius 3 is 2.73 bits per heavy atom. The second-order valence-electron chi connectivity index (χ2n) is 5.69. The summed E-state index contributed by atoms with van der Waals surface area (Å²) in [6.45, 7) is 0.981. The lowest BCUT2D eigenvalue weighted by atomic mass is 10.1. The van der Waals surface area contributed by atoms with Gasteiger partial charge in [0.25, 0.3) is 5.91 Å². The molecule has 1 heterocycles. The molecule has 2 N–H and O–H groups in total. The molecule has 1 aromatic carbocycles. The summed E-state index contributed by atoms with van der Waals surface area (Å²) in [5.41, 5.74) is 0.0967. The van der Waals surface area contributed by atoms with Gasteiger partial charge in [0.15, 0.2) is 11.5 Å². The standard InChI is InChI=1S/C16H22Cl2N2O5S/c1-19-26(22,23)12-8-13(15-14(9-12)24-6-3-7-25-15)16(21)20-10-11(18)4-2-5-17/h8-9,11,19H,2-7,10H2,1H3,(H,20,21). The maximum Gasteiger partial charge on any atom is 0.255 e. The first-order valence-electron chi connectivity index (χ1n) is 8.24. The number of hydrogen-bond donors (Lipinski definition) is 2. The number of carbonyl (C=O) groups excluding carboxylic acids is 1. The number of halogens is 2. The van der Waals surface area contributed by atoms with Crippen molar-refractivity contribution >= 4 is 39.1 Å². The Morgan fingerprint density at radius 1 is 1.31 bits per heavy atom. The predicted molar refractivity (Wildman–Crippen MR) is 100 cm³/mol. The molecule has 2 rings (SSSR count). The maximum absolute atomic E-state index is 12.6. The summed E-state index contributed by atoms with van der Waals surface area (Å²) in [7, 11) is -2.45. The van der Waals surface area contributed by atoms with Crippen molar-refractivity contribution in [1.82, 2.24) is 10.0 Å². The number of carbonyl (C=O) groups is 1. The van der Waals surface area contributed by atoms with Gasteiger partial charge in [0.1, 0.15) is 0 Å². The number of fused-ring (bicyclic) bond motifs is 1. The number of amides is 1. The van der Waals surface area contributed by atoms with Crippen molar-refractivity contribution in [2.24, 2.45) is 0 Å². The van der Waals surface area contributed by atoms with Crippen molar-refractivity contribution in [2.45, 2.75) is 29.5 Å². The summed E-state index contributed by atoms with van der Waals surface area (Å²) in [4.78, 5) is 12.6. The number of benzene rings is 1. The van der Waals surface area contributed by atoms with Gasteiger partial charge in [0, 0.05) is 24.9 Å². The third kappa shape index (κ3) is 5.39. The average Bonchev–Trinajstić information content (AvgIpc) is 2.88. The van der Waals surface area contributed by atoms with Crippen molar-refractivity contribution in [3.8, 4) is 11.5 Å². The summed E-state index contributed by atoms with van der Waals surface area (Å²) in [6.07, 6.45) is 2.04. The minimum Gasteiger partial charge on any atom is -0.489 e. The third-order valence-electron chi connectivity index (χ3n) is 3.78. The summed E-state index contributed by atoms with van der Waals surface area (Å²) in [5.74, 6) is 0.492. The van der Waals surface area contributed by atoms with E-state index >= 15 is 0 Å². The first kappa shape index (κ1) is 21.1. The fourth-order valence-electron chi connectivity index (χ4n) is 2.39. The van der Waals surface area contributed by atoms with Gasteiger partial charge in [-0.1, -0.05) is 0 Å². The number of nitrogens with one attached hydrogen (secondary N) is 2. The Labute approximate surface area is 163 Å². The maximum atomic E-state index is 12.6. The average molecular weight is 425 g/mol. The van der Waals surface area contributed by atoms with Crippen molar-refractivity contribution in [2.75, 3.05) is 32.7 Å². The van der Waals surface area contributed by atoms with E-state index in [-0.39, 0.29) is 33.9 Å². The highest BCUT2D eigenvalue weighted by atomic mass is 35.5. The van der Waals surface area contributed by atoms with Gasteiger partial charge in [-0.3, -0.25) is 4.79 Å². The van der Waals surface area contributed by atoms with Crippen LogP contribution < -0.4 is 19.5 Å². The Morgan fingerprint density at radius 2 is 2.04 bits per heavy atom. The van der Waals surface area contributed by atoms with Crippen LogP contribution in [0.5, 0.6) is 11.5 Å². The zero-order valence-electron chi connectivity index (χ0n) is 14.4. The highest BCUT2D eigenvalue weighted by Gasteiger charge is 2.25. The van der Waals surface area contributed by atoms with Gasteiger partial charge in [-0.05, 0) is 26.0 Å². The summed E-state index contributed by atoms with van der Waals surface area (Å²) in [6, 6.07) is 2.63. The number of rotatable bonds is 8. The van der Waals surface area contributed by atoms with Gasteiger partial charge < -0.3 is 14.8 Å². The third-order valence-corrected chi connectivity index (χ3v) is 5.81. The lowest BCUT2D eigenvalue weighted by Crippen LogP contribution is -2.30. The molecule has 1 amide bonds. The van der Waals surface area contributed by atoms with Crippen molar-refractivity contribution in [3.05, 3.63) is 17.7 Å². The van der Waals surface area contributed by atoms with Crippen LogP contribution in [0.1, 0.15) is 29.6 Å².